The van der Waals surface area contributed by atoms with Gasteiger partial charge in [-0.1, -0.05) is 25.4 Å². The van der Waals surface area contributed by atoms with Crippen molar-refractivity contribution in [3.8, 4) is 5.75 Å². The number of aryl methyl sites for hydroxylation is 2. The monoisotopic (exact) mass is 525 g/mol. The third-order valence-electron chi connectivity index (χ3n) is 6.33. The van der Waals surface area contributed by atoms with Gasteiger partial charge in [-0.25, -0.2) is 9.98 Å². The normalized spacial score (nSPS) is 17.6. The van der Waals surface area contributed by atoms with Crippen LogP contribution in [0.25, 0.3) is 11.2 Å². The molecule has 5 rings (SSSR count). The first-order valence-corrected chi connectivity index (χ1v) is 12.2. The van der Waals surface area contributed by atoms with Crippen molar-refractivity contribution >= 4 is 46.6 Å². The second-order valence-corrected chi connectivity index (χ2v) is 9.68. The summed E-state index contributed by atoms with van der Waals surface area (Å²) in [5.41, 5.74) is 2.56. The first-order chi connectivity index (χ1) is 17.8. The molecule has 13 heteroatoms. The molecule has 0 atom stereocenters. The number of halogens is 1. The minimum Gasteiger partial charge on any atom is -0.474 e. The van der Waals surface area contributed by atoms with E-state index >= 15 is 0 Å². The van der Waals surface area contributed by atoms with E-state index in [2.05, 4.69) is 45.5 Å². The van der Waals surface area contributed by atoms with Crippen LogP contribution in [0, 0.1) is 5.41 Å². The SMILES string of the molecule is Cn1c(Nc2cc3n(n2)CCCC3(C)C)nc2ncc(O/C(C=N)=C3/NC=CN=C3OCCO)c(Cl)c21. The predicted molar refractivity (Wildman–Crippen MR) is 140 cm³/mol. The number of hydrogen-bond donors (Lipinski definition) is 4. The minimum atomic E-state index is -0.181. The molecule has 3 aromatic heterocycles. The fourth-order valence-electron chi connectivity index (χ4n) is 4.45. The van der Waals surface area contributed by atoms with Crippen LogP contribution in [-0.2, 0) is 23.7 Å². The van der Waals surface area contributed by atoms with Gasteiger partial charge in [-0.3, -0.25) is 4.68 Å². The maximum Gasteiger partial charge on any atom is 0.241 e. The maximum atomic E-state index is 9.08. The van der Waals surface area contributed by atoms with Crippen molar-refractivity contribution in [1.29, 1.82) is 5.41 Å². The highest BCUT2D eigenvalue weighted by molar-refractivity contribution is 6.36. The van der Waals surface area contributed by atoms with Crippen LogP contribution in [0.4, 0.5) is 11.8 Å². The Morgan fingerprint density at radius 3 is 3.00 bits per heavy atom. The molecule has 0 aliphatic carbocycles. The van der Waals surface area contributed by atoms with E-state index in [1.165, 1.54) is 18.1 Å². The highest BCUT2D eigenvalue weighted by Crippen LogP contribution is 2.36. The van der Waals surface area contributed by atoms with Gasteiger partial charge in [0.25, 0.3) is 0 Å². The van der Waals surface area contributed by atoms with E-state index in [4.69, 9.17) is 36.7 Å². The Balaban J connectivity index is 1.45. The van der Waals surface area contributed by atoms with Crippen molar-refractivity contribution < 1.29 is 14.6 Å². The second-order valence-electron chi connectivity index (χ2n) is 9.31. The third-order valence-corrected chi connectivity index (χ3v) is 6.69. The highest BCUT2D eigenvalue weighted by atomic mass is 35.5. The van der Waals surface area contributed by atoms with Gasteiger partial charge in [0.2, 0.25) is 11.8 Å². The molecule has 4 N–H and O–H groups in total. The van der Waals surface area contributed by atoms with Crippen LogP contribution >= 0.6 is 11.6 Å². The van der Waals surface area contributed by atoms with Gasteiger partial charge in [-0.2, -0.15) is 10.1 Å². The molecule has 0 amide bonds. The highest BCUT2D eigenvalue weighted by Gasteiger charge is 2.30. The molecule has 37 heavy (non-hydrogen) atoms. The predicted octanol–water partition coefficient (Wildman–Crippen LogP) is 3.35. The molecule has 0 aromatic carbocycles. The summed E-state index contributed by atoms with van der Waals surface area (Å²) < 4.78 is 15.3. The number of aliphatic imine (C=N–C) groups is 1. The van der Waals surface area contributed by atoms with E-state index in [0.717, 1.165) is 25.6 Å². The quantitative estimate of drug-likeness (QED) is 0.271. The standard InChI is InChI=1S/C24H28ClN9O3/c1-24(2)5-4-8-34-16(24)11-17(32-34)30-23-31-21-20(33(23)3)18(25)15(13-29-21)37-14(12-26)19-22(36-10-9-35)28-7-6-27-19/h6-7,11-13,26-27,35H,4-5,8-10H2,1-3H3,(H,29,30,31,32)/b19-14+,26-12?. The van der Waals surface area contributed by atoms with Crippen molar-refractivity contribution in [2.45, 2.75) is 38.6 Å². The van der Waals surface area contributed by atoms with Gasteiger partial charge in [0.05, 0.1) is 19.0 Å². The summed E-state index contributed by atoms with van der Waals surface area (Å²) in [7, 11) is 1.83. The van der Waals surface area contributed by atoms with Crippen molar-refractivity contribution in [1.82, 2.24) is 29.6 Å². The average molecular weight is 526 g/mol. The molecule has 2 aliphatic heterocycles. The number of fused-ring (bicyclic) bond motifs is 2. The number of nitrogens with zero attached hydrogens (tertiary/aromatic N) is 6. The zero-order valence-electron chi connectivity index (χ0n) is 20.7. The fourth-order valence-corrected chi connectivity index (χ4v) is 4.75. The molecule has 0 saturated heterocycles. The van der Waals surface area contributed by atoms with Crippen LogP contribution in [0.2, 0.25) is 5.02 Å². The zero-order chi connectivity index (χ0) is 26.2. The van der Waals surface area contributed by atoms with Gasteiger partial charge in [0, 0.05) is 43.2 Å². The first-order valence-electron chi connectivity index (χ1n) is 11.8. The number of rotatable bonds is 7. The lowest BCUT2D eigenvalue weighted by Gasteiger charge is -2.30. The van der Waals surface area contributed by atoms with Gasteiger partial charge >= 0.3 is 0 Å². The molecule has 12 nitrogen and oxygen atoms in total. The van der Waals surface area contributed by atoms with E-state index < -0.39 is 0 Å². The van der Waals surface area contributed by atoms with Crippen LogP contribution in [0.15, 0.2) is 41.1 Å². The molecular formula is C24H28ClN9O3. The Kier molecular flexibility index (Phi) is 6.61. The van der Waals surface area contributed by atoms with Crippen LogP contribution in [-0.4, -0.2) is 54.7 Å². The molecule has 0 fully saturated rings. The Bertz CT molecular complexity index is 1450. The Morgan fingerprint density at radius 1 is 1.41 bits per heavy atom. The Labute approximate surface area is 218 Å². The topological polar surface area (TPSA) is 147 Å². The number of ether oxygens (including phenoxy) is 2. The number of imidazole rings is 1. The number of nitrogens with one attached hydrogen (secondary N) is 3. The molecule has 3 aromatic rings. The van der Waals surface area contributed by atoms with Gasteiger partial charge in [-0.05, 0) is 12.8 Å². The van der Waals surface area contributed by atoms with E-state index in [0.29, 0.717) is 28.6 Å². The average Bonchev–Trinajstić information content (AvgIpc) is 3.44. The van der Waals surface area contributed by atoms with Crippen molar-refractivity contribution in [3.63, 3.8) is 0 Å². The lowest BCUT2D eigenvalue weighted by molar-refractivity contribution is 0.193. The summed E-state index contributed by atoms with van der Waals surface area (Å²) in [4.78, 5) is 13.2. The zero-order valence-corrected chi connectivity index (χ0v) is 21.5. The molecule has 194 valence electrons. The molecule has 0 saturated carbocycles. The van der Waals surface area contributed by atoms with Crippen molar-refractivity contribution in [2.24, 2.45) is 12.0 Å². The molecule has 0 bridgehead atoms. The molecule has 0 unspecified atom stereocenters. The van der Waals surface area contributed by atoms with Crippen LogP contribution < -0.4 is 15.4 Å². The summed E-state index contributed by atoms with van der Waals surface area (Å²) in [5, 5.41) is 28.2. The van der Waals surface area contributed by atoms with Crippen LogP contribution in [0.1, 0.15) is 32.4 Å². The number of allylic oxidation sites excluding steroid dienone is 1. The van der Waals surface area contributed by atoms with E-state index in [1.54, 1.807) is 10.8 Å². The molecule has 0 radical (unpaired) electrons. The van der Waals surface area contributed by atoms with Crippen LogP contribution in [0.3, 0.4) is 0 Å². The van der Waals surface area contributed by atoms with Gasteiger partial charge in [-0.15, -0.1) is 0 Å². The molecule has 5 heterocycles. The van der Waals surface area contributed by atoms with Gasteiger partial charge < -0.3 is 35.2 Å². The number of pyridine rings is 1. The number of aliphatic hydroxyl groups excluding tert-OH is 1. The van der Waals surface area contributed by atoms with Crippen LogP contribution in [0.5, 0.6) is 5.75 Å². The van der Waals surface area contributed by atoms with Gasteiger partial charge in [0.15, 0.2) is 23.0 Å². The minimum absolute atomic E-state index is 0.0411. The number of hydrogen-bond acceptors (Lipinski definition) is 10. The largest absolute Gasteiger partial charge is 0.474 e. The summed E-state index contributed by atoms with van der Waals surface area (Å²) in [6.07, 6.45) is 7.75. The third kappa shape index (κ3) is 4.65. The van der Waals surface area contributed by atoms with Crippen molar-refractivity contribution in [3.05, 3.63) is 46.8 Å². The maximum absolute atomic E-state index is 9.08. The second kappa shape index (κ2) is 9.87. The summed E-state index contributed by atoms with van der Waals surface area (Å²) in [6, 6.07) is 2.06. The van der Waals surface area contributed by atoms with E-state index in [-0.39, 0.29) is 41.1 Å². The van der Waals surface area contributed by atoms with Crippen molar-refractivity contribution in [2.75, 3.05) is 18.5 Å². The number of anilines is 2. The lowest BCUT2D eigenvalue weighted by Crippen LogP contribution is -2.27. The first kappa shape index (κ1) is 24.8. The Morgan fingerprint density at radius 2 is 2.24 bits per heavy atom. The number of aliphatic hydroxyl groups is 1. The fraction of sp³-hybridized carbons (Fsp3) is 0.375. The Hall–Kier alpha value is -3.90. The van der Waals surface area contributed by atoms with E-state index in [9.17, 15) is 0 Å². The molecule has 0 spiro atoms. The summed E-state index contributed by atoms with van der Waals surface area (Å²) >= 11 is 6.74. The van der Waals surface area contributed by atoms with E-state index in [1.807, 2.05) is 11.7 Å². The van der Waals surface area contributed by atoms with Gasteiger partial charge in [0.1, 0.15) is 22.8 Å². The summed E-state index contributed by atoms with van der Waals surface area (Å²) in [6.45, 7) is 5.21. The number of aromatic nitrogens is 5. The smallest absolute Gasteiger partial charge is 0.241 e. The molecular weight excluding hydrogens is 498 g/mol. The lowest BCUT2D eigenvalue weighted by atomic mass is 9.82. The summed E-state index contributed by atoms with van der Waals surface area (Å²) in [5.74, 6) is 1.75. The molecule has 2 aliphatic rings.